The second kappa shape index (κ2) is 10.8. The van der Waals surface area contributed by atoms with Gasteiger partial charge in [-0.05, 0) is 35.4 Å². The van der Waals surface area contributed by atoms with Gasteiger partial charge in [0.2, 0.25) is 5.75 Å². The van der Waals surface area contributed by atoms with E-state index in [0.29, 0.717) is 22.8 Å². The Bertz CT molecular complexity index is 853. The van der Waals surface area contributed by atoms with Gasteiger partial charge in [-0.2, -0.15) is 0 Å². The van der Waals surface area contributed by atoms with E-state index < -0.39 is 7.82 Å². The van der Waals surface area contributed by atoms with Gasteiger partial charge in [0.15, 0.2) is 23.0 Å². The minimum absolute atomic E-state index is 0. The maximum Gasteiger partial charge on any atom is 1.00 e. The van der Waals surface area contributed by atoms with Gasteiger partial charge >= 0.3 is 37.4 Å². The first-order valence-electron chi connectivity index (χ1n) is 7.72. The van der Waals surface area contributed by atoms with Crippen molar-refractivity contribution < 1.29 is 67.4 Å². The largest absolute Gasteiger partial charge is 1.00 e. The molecule has 0 radical (unpaired) electrons. The molecule has 0 heterocycles. The standard InChI is InChI=1S/C18H21O8P.Na/c1-22-14-8-7-12(9-15(14)26-27(19,20)21)5-6-13-10-16(23-2)18(25-4)17(11-13)24-3;/h5-11H,1-4H3,(H2,19,20,21);/q;+1/b6-5-;. The predicted octanol–water partition coefficient (Wildman–Crippen LogP) is 0.367. The van der Waals surface area contributed by atoms with Crippen molar-refractivity contribution in [2.45, 2.75) is 0 Å². The summed E-state index contributed by atoms with van der Waals surface area (Å²) in [7, 11) is 1.26. The summed E-state index contributed by atoms with van der Waals surface area (Å²) in [4.78, 5) is 18.1. The molecule has 0 aliphatic rings. The first-order chi connectivity index (χ1) is 12.8. The third-order valence-corrected chi connectivity index (χ3v) is 3.99. The van der Waals surface area contributed by atoms with Gasteiger partial charge in [0.25, 0.3) is 0 Å². The van der Waals surface area contributed by atoms with Gasteiger partial charge in [0.05, 0.1) is 28.4 Å². The van der Waals surface area contributed by atoms with E-state index in [1.165, 1.54) is 34.5 Å². The number of phosphoric ester groups is 1. The molecular formula is C18H21NaO8P+. The molecule has 0 amide bonds. The van der Waals surface area contributed by atoms with Gasteiger partial charge in [-0.15, -0.1) is 0 Å². The second-order valence-electron chi connectivity index (χ2n) is 5.28. The number of hydrogen-bond acceptors (Lipinski definition) is 6. The molecule has 10 heteroatoms. The topological polar surface area (TPSA) is 104 Å². The first-order valence-corrected chi connectivity index (χ1v) is 9.25. The fourth-order valence-corrected chi connectivity index (χ4v) is 2.79. The predicted molar refractivity (Wildman–Crippen MR) is 101 cm³/mol. The Morgan fingerprint density at radius 2 is 1.25 bits per heavy atom. The molecule has 0 unspecified atom stereocenters. The Morgan fingerprint density at radius 3 is 1.71 bits per heavy atom. The minimum Gasteiger partial charge on any atom is -0.493 e. The maximum absolute atomic E-state index is 11.1. The Hall–Kier alpha value is -1.67. The molecule has 0 aromatic heterocycles. The Balaban J connectivity index is 0.00000392. The van der Waals surface area contributed by atoms with Crippen molar-refractivity contribution in [3.63, 3.8) is 0 Å². The number of methoxy groups -OCH3 is 4. The second-order valence-corrected chi connectivity index (χ2v) is 6.45. The molecule has 0 atom stereocenters. The number of hydrogen-bond donors (Lipinski definition) is 2. The van der Waals surface area contributed by atoms with Gasteiger partial charge < -0.3 is 23.5 Å². The van der Waals surface area contributed by atoms with Crippen LogP contribution in [0.1, 0.15) is 11.1 Å². The average molecular weight is 419 g/mol. The normalized spacial score (nSPS) is 10.9. The van der Waals surface area contributed by atoms with Crippen LogP contribution in [0.2, 0.25) is 0 Å². The quantitative estimate of drug-likeness (QED) is 0.359. The molecule has 2 rings (SSSR count). The molecule has 0 bridgehead atoms. The van der Waals surface area contributed by atoms with Crippen LogP contribution in [-0.2, 0) is 4.57 Å². The Kier molecular flexibility index (Phi) is 9.36. The SMILES string of the molecule is COc1ccc(/C=C\c2cc(OC)c(OC)c(OC)c2)cc1OP(=O)(O)O.[Na+]. The molecule has 0 aliphatic carbocycles. The summed E-state index contributed by atoms with van der Waals surface area (Å²) >= 11 is 0. The van der Waals surface area contributed by atoms with E-state index in [9.17, 15) is 4.57 Å². The van der Waals surface area contributed by atoms with Crippen LogP contribution in [-0.4, -0.2) is 38.2 Å². The summed E-state index contributed by atoms with van der Waals surface area (Å²) in [6.07, 6.45) is 3.53. The third-order valence-electron chi connectivity index (χ3n) is 3.56. The molecule has 0 saturated carbocycles. The van der Waals surface area contributed by atoms with Gasteiger partial charge in [0, 0.05) is 0 Å². The van der Waals surface area contributed by atoms with Crippen LogP contribution in [0, 0.1) is 0 Å². The van der Waals surface area contributed by atoms with Crippen LogP contribution in [0.5, 0.6) is 28.7 Å². The van der Waals surface area contributed by atoms with Crippen molar-refractivity contribution in [2.75, 3.05) is 28.4 Å². The van der Waals surface area contributed by atoms with E-state index in [2.05, 4.69) is 4.52 Å². The van der Waals surface area contributed by atoms with Crippen LogP contribution in [0.4, 0.5) is 0 Å². The first kappa shape index (κ1) is 24.4. The third kappa shape index (κ3) is 6.44. The van der Waals surface area contributed by atoms with E-state index in [0.717, 1.165) is 5.56 Å². The van der Waals surface area contributed by atoms with Gasteiger partial charge in [-0.3, -0.25) is 9.79 Å². The molecule has 28 heavy (non-hydrogen) atoms. The molecule has 2 aromatic carbocycles. The number of benzene rings is 2. The van der Waals surface area contributed by atoms with Crippen LogP contribution in [0.3, 0.4) is 0 Å². The molecule has 0 aliphatic heterocycles. The van der Waals surface area contributed by atoms with Crippen LogP contribution < -0.4 is 53.0 Å². The zero-order valence-electron chi connectivity index (χ0n) is 16.3. The van der Waals surface area contributed by atoms with Gasteiger partial charge in [-0.1, -0.05) is 18.2 Å². The smallest absolute Gasteiger partial charge is 0.493 e. The average Bonchev–Trinajstić information content (AvgIpc) is 2.64. The minimum atomic E-state index is -4.71. The monoisotopic (exact) mass is 419 g/mol. The van der Waals surface area contributed by atoms with E-state index in [-0.39, 0.29) is 41.1 Å². The summed E-state index contributed by atoms with van der Waals surface area (Å²) in [6.45, 7) is 0. The molecular weight excluding hydrogens is 398 g/mol. The van der Waals surface area contributed by atoms with Crippen molar-refractivity contribution in [3.8, 4) is 28.7 Å². The molecule has 0 spiro atoms. The fourth-order valence-electron chi connectivity index (χ4n) is 2.39. The van der Waals surface area contributed by atoms with E-state index >= 15 is 0 Å². The van der Waals surface area contributed by atoms with Crippen molar-refractivity contribution >= 4 is 20.0 Å². The Labute approximate surface area is 185 Å². The molecule has 0 fully saturated rings. The molecule has 2 N–H and O–H groups in total. The summed E-state index contributed by atoms with van der Waals surface area (Å²) < 4.78 is 36.8. The number of rotatable bonds is 8. The maximum atomic E-state index is 11.1. The van der Waals surface area contributed by atoms with E-state index in [1.807, 2.05) is 0 Å². The Morgan fingerprint density at radius 1 is 0.750 bits per heavy atom. The zero-order valence-corrected chi connectivity index (χ0v) is 19.2. The summed E-state index contributed by atoms with van der Waals surface area (Å²) in [6, 6.07) is 8.29. The van der Waals surface area contributed by atoms with Crippen molar-refractivity contribution in [2.24, 2.45) is 0 Å². The van der Waals surface area contributed by atoms with Crippen molar-refractivity contribution in [1.82, 2.24) is 0 Å². The summed E-state index contributed by atoms with van der Waals surface area (Å²) in [5.74, 6) is 1.66. The summed E-state index contributed by atoms with van der Waals surface area (Å²) in [5.41, 5.74) is 1.42. The summed E-state index contributed by atoms with van der Waals surface area (Å²) in [5, 5.41) is 0. The fraction of sp³-hybridized carbons (Fsp3) is 0.222. The zero-order chi connectivity index (χ0) is 20.0. The molecule has 146 valence electrons. The van der Waals surface area contributed by atoms with E-state index in [4.69, 9.17) is 28.7 Å². The van der Waals surface area contributed by atoms with Gasteiger partial charge in [0.1, 0.15) is 0 Å². The van der Waals surface area contributed by atoms with Crippen LogP contribution in [0.15, 0.2) is 30.3 Å². The molecule has 0 saturated heterocycles. The van der Waals surface area contributed by atoms with Crippen molar-refractivity contribution in [3.05, 3.63) is 41.5 Å². The molecule has 2 aromatic rings. The molecule has 8 nitrogen and oxygen atoms in total. The van der Waals surface area contributed by atoms with Gasteiger partial charge in [-0.25, -0.2) is 4.57 Å². The van der Waals surface area contributed by atoms with E-state index in [1.54, 1.807) is 36.4 Å². The number of phosphoric acid groups is 1. The van der Waals surface area contributed by atoms with Crippen molar-refractivity contribution in [1.29, 1.82) is 0 Å². The van der Waals surface area contributed by atoms with Crippen LogP contribution >= 0.6 is 7.82 Å². The number of ether oxygens (including phenoxy) is 4. The van der Waals surface area contributed by atoms with Crippen LogP contribution in [0.25, 0.3) is 12.2 Å².